The summed E-state index contributed by atoms with van der Waals surface area (Å²) < 4.78 is 0.952. The third kappa shape index (κ3) is 3.10. The molecule has 5 nitrogen and oxygen atoms in total. The molecule has 0 fully saturated rings. The number of hydrogen-bond donors (Lipinski definition) is 3. The van der Waals surface area contributed by atoms with Crippen LogP contribution in [0.1, 0.15) is 15.2 Å². The van der Waals surface area contributed by atoms with E-state index in [-0.39, 0.29) is 18.0 Å². The van der Waals surface area contributed by atoms with E-state index in [1.54, 1.807) is 6.07 Å². The summed E-state index contributed by atoms with van der Waals surface area (Å²) in [5.74, 6) is -0.326. The number of rotatable bonds is 4. The molecule has 4 aromatic rings. The lowest BCUT2D eigenvalue weighted by Crippen LogP contribution is -2.37. The zero-order valence-electron chi connectivity index (χ0n) is 13.5. The molecule has 0 atom stereocenters. The maximum Gasteiger partial charge on any atom is 0.277 e. The highest BCUT2D eigenvalue weighted by molar-refractivity contribution is 7.21. The monoisotopic (exact) mass is 383 g/mol. The van der Waals surface area contributed by atoms with Crippen molar-refractivity contribution in [3.63, 3.8) is 0 Å². The van der Waals surface area contributed by atoms with Crippen LogP contribution >= 0.6 is 22.9 Å². The van der Waals surface area contributed by atoms with Crippen LogP contribution in [-0.4, -0.2) is 10.9 Å². The summed E-state index contributed by atoms with van der Waals surface area (Å²) >= 11 is 7.64. The van der Waals surface area contributed by atoms with Crippen LogP contribution < -0.4 is 16.4 Å². The molecule has 130 valence electrons. The Hall–Kier alpha value is -2.67. The molecule has 0 unspecified atom stereocenters. The molecule has 2 heterocycles. The summed E-state index contributed by atoms with van der Waals surface area (Å²) in [6.45, 7) is 0.203. The van der Waals surface area contributed by atoms with Gasteiger partial charge in [-0.05, 0) is 23.6 Å². The van der Waals surface area contributed by atoms with Gasteiger partial charge < -0.3 is 4.98 Å². The number of nitrogens with one attached hydrogen (secondary N) is 3. The van der Waals surface area contributed by atoms with Crippen LogP contribution in [0.2, 0.25) is 5.02 Å². The molecular formula is C19H14ClN3O2S. The van der Waals surface area contributed by atoms with Crippen LogP contribution in [0.3, 0.4) is 0 Å². The number of fused-ring (bicyclic) bond motifs is 2. The Bertz CT molecular complexity index is 1180. The molecule has 0 aliphatic heterocycles. The number of thiophene rings is 1. The van der Waals surface area contributed by atoms with E-state index in [9.17, 15) is 9.59 Å². The molecule has 26 heavy (non-hydrogen) atoms. The second-order valence-electron chi connectivity index (χ2n) is 5.76. The zero-order valence-corrected chi connectivity index (χ0v) is 15.1. The first-order valence-corrected chi connectivity index (χ1v) is 9.14. The average molecular weight is 384 g/mol. The lowest BCUT2D eigenvalue weighted by molar-refractivity contribution is 0.0936. The number of hydrazine groups is 1. The molecule has 0 spiro atoms. The van der Waals surface area contributed by atoms with Gasteiger partial charge in [0.2, 0.25) is 0 Å². The van der Waals surface area contributed by atoms with E-state index in [4.69, 9.17) is 11.6 Å². The quantitative estimate of drug-likeness (QED) is 0.469. The smallest absolute Gasteiger partial charge is 0.277 e. The van der Waals surface area contributed by atoms with Crippen molar-refractivity contribution in [2.24, 2.45) is 0 Å². The number of amides is 1. The molecular weight excluding hydrogens is 370 g/mol. The van der Waals surface area contributed by atoms with Crippen molar-refractivity contribution in [2.75, 3.05) is 0 Å². The fraction of sp³-hybridized carbons (Fsp3) is 0.0526. The number of aromatic nitrogens is 1. The summed E-state index contributed by atoms with van der Waals surface area (Å²) in [5, 5.41) is 2.23. The van der Waals surface area contributed by atoms with Gasteiger partial charge in [0, 0.05) is 27.7 Å². The Morgan fingerprint density at radius 3 is 2.73 bits per heavy atom. The van der Waals surface area contributed by atoms with Gasteiger partial charge in [0.25, 0.3) is 11.5 Å². The van der Waals surface area contributed by atoms with Crippen molar-refractivity contribution < 1.29 is 4.79 Å². The highest BCUT2D eigenvalue weighted by atomic mass is 35.5. The number of carbonyl (C=O) groups is 1. The van der Waals surface area contributed by atoms with E-state index in [1.165, 1.54) is 11.3 Å². The first-order valence-electron chi connectivity index (χ1n) is 7.94. The largest absolute Gasteiger partial charge is 0.322 e. The van der Waals surface area contributed by atoms with Crippen molar-refractivity contribution in [1.82, 2.24) is 15.8 Å². The van der Waals surface area contributed by atoms with Crippen molar-refractivity contribution >= 4 is 49.8 Å². The number of halogens is 1. The van der Waals surface area contributed by atoms with Crippen LogP contribution in [-0.2, 0) is 6.54 Å². The second kappa shape index (κ2) is 6.92. The molecule has 4 rings (SSSR count). The van der Waals surface area contributed by atoms with Gasteiger partial charge in [0.15, 0.2) is 0 Å². The van der Waals surface area contributed by atoms with Gasteiger partial charge in [-0.3, -0.25) is 15.0 Å². The third-order valence-corrected chi connectivity index (χ3v) is 5.73. The lowest BCUT2D eigenvalue weighted by Gasteiger charge is -2.07. The fourth-order valence-corrected chi connectivity index (χ4v) is 4.17. The highest BCUT2D eigenvalue weighted by Crippen LogP contribution is 2.34. The lowest BCUT2D eigenvalue weighted by atomic mass is 10.1. The van der Waals surface area contributed by atoms with Crippen LogP contribution in [0, 0.1) is 0 Å². The van der Waals surface area contributed by atoms with Gasteiger partial charge in [-0.15, -0.1) is 11.3 Å². The van der Waals surface area contributed by atoms with E-state index >= 15 is 0 Å². The minimum atomic E-state index is -0.326. The Morgan fingerprint density at radius 2 is 1.88 bits per heavy atom. The fourth-order valence-electron chi connectivity index (χ4n) is 2.76. The number of aromatic amines is 1. The van der Waals surface area contributed by atoms with Crippen molar-refractivity contribution in [1.29, 1.82) is 0 Å². The molecule has 1 amide bonds. The Kier molecular flexibility index (Phi) is 4.46. The molecule has 7 heteroatoms. The zero-order chi connectivity index (χ0) is 18.1. The number of benzene rings is 2. The number of carbonyl (C=O) groups excluding carboxylic acids is 1. The summed E-state index contributed by atoms with van der Waals surface area (Å²) in [7, 11) is 0. The molecule has 0 saturated heterocycles. The predicted octanol–water partition coefficient (Wildman–Crippen LogP) is 3.83. The standard InChI is InChI=1S/C19H14ClN3O2S/c20-16-13-6-2-4-8-15(13)26-17(16)19(25)23-21-10-12-9-11-5-1-3-7-14(11)22-18(12)24/h1-9,21H,10H2,(H,22,24)(H,23,25). The van der Waals surface area contributed by atoms with Gasteiger partial charge >= 0.3 is 0 Å². The average Bonchev–Trinajstić information content (AvgIpc) is 2.99. The van der Waals surface area contributed by atoms with E-state index in [0.717, 1.165) is 21.0 Å². The maximum absolute atomic E-state index is 12.4. The minimum absolute atomic E-state index is 0.189. The topological polar surface area (TPSA) is 74.0 Å². The van der Waals surface area contributed by atoms with E-state index in [1.807, 2.05) is 48.5 Å². The summed E-state index contributed by atoms with van der Waals surface area (Å²) in [5.41, 5.74) is 6.54. The molecule has 0 saturated carbocycles. The Labute approximate surface area is 157 Å². The summed E-state index contributed by atoms with van der Waals surface area (Å²) in [6, 6.07) is 16.9. The molecule has 0 aliphatic rings. The van der Waals surface area contributed by atoms with E-state index in [2.05, 4.69) is 15.8 Å². The van der Waals surface area contributed by atoms with Crippen LogP contribution in [0.4, 0.5) is 0 Å². The van der Waals surface area contributed by atoms with Crippen LogP contribution in [0.5, 0.6) is 0 Å². The molecule has 2 aromatic carbocycles. The first kappa shape index (κ1) is 16.8. The molecule has 0 bridgehead atoms. The number of hydrogen-bond acceptors (Lipinski definition) is 4. The van der Waals surface area contributed by atoms with Gasteiger partial charge in [0.1, 0.15) is 4.88 Å². The number of para-hydroxylation sites is 1. The van der Waals surface area contributed by atoms with Crippen LogP contribution in [0.15, 0.2) is 59.4 Å². The molecule has 3 N–H and O–H groups in total. The second-order valence-corrected chi connectivity index (χ2v) is 7.19. The molecule has 2 aromatic heterocycles. The van der Waals surface area contributed by atoms with Crippen molar-refractivity contribution in [2.45, 2.75) is 6.54 Å². The van der Waals surface area contributed by atoms with Gasteiger partial charge in [0.05, 0.1) is 5.02 Å². The number of pyridine rings is 1. The van der Waals surface area contributed by atoms with E-state index < -0.39 is 0 Å². The maximum atomic E-state index is 12.4. The van der Waals surface area contributed by atoms with Crippen molar-refractivity contribution in [3.8, 4) is 0 Å². The third-order valence-electron chi connectivity index (χ3n) is 4.05. The number of H-pyrrole nitrogens is 1. The minimum Gasteiger partial charge on any atom is -0.322 e. The SMILES string of the molecule is O=C(NNCc1cc2ccccc2[nH]c1=O)c1sc2ccccc2c1Cl. The van der Waals surface area contributed by atoms with Crippen LogP contribution in [0.25, 0.3) is 21.0 Å². The van der Waals surface area contributed by atoms with Gasteiger partial charge in [-0.25, -0.2) is 5.43 Å². The molecule has 0 aliphatic carbocycles. The van der Waals surface area contributed by atoms with E-state index in [0.29, 0.717) is 15.5 Å². The summed E-state index contributed by atoms with van der Waals surface area (Å²) in [6.07, 6.45) is 0. The molecule has 0 radical (unpaired) electrons. The van der Waals surface area contributed by atoms with Gasteiger partial charge in [-0.1, -0.05) is 48.0 Å². The predicted molar refractivity (Wildman–Crippen MR) is 106 cm³/mol. The van der Waals surface area contributed by atoms with Crippen molar-refractivity contribution in [3.05, 3.63) is 80.4 Å². The summed E-state index contributed by atoms with van der Waals surface area (Å²) in [4.78, 5) is 27.8. The first-order chi connectivity index (χ1) is 12.6. The Morgan fingerprint density at radius 1 is 1.12 bits per heavy atom. The van der Waals surface area contributed by atoms with Gasteiger partial charge in [-0.2, -0.15) is 0 Å². The normalized spacial score (nSPS) is 11.1. The highest BCUT2D eigenvalue weighted by Gasteiger charge is 2.16. The Balaban J connectivity index is 1.49.